The first-order valence-electron chi connectivity index (χ1n) is 10.5. The van der Waals surface area contributed by atoms with Crippen molar-refractivity contribution in [3.05, 3.63) is 93.4 Å². The standard InChI is InChI=1S/C25H27N3O4/c1-4-31-21-12-11-20(23(15-21)32-5-2)16-26-27-24(29)22-10-7-13-28(25(22)30)17-19-9-6-8-18(3)14-19/h6-16H,4-5,17H2,1-3H3,(H,27,29)/b26-16-. The molecule has 0 aliphatic heterocycles. The number of rotatable bonds is 9. The van der Waals surface area contributed by atoms with Crippen molar-refractivity contribution in [3.63, 3.8) is 0 Å². The summed E-state index contributed by atoms with van der Waals surface area (Å²) in [5.41, 5.74) is 4.85. The largest absolute Gasteiger partial charge is 0.494 e. The first-order valence-corrected chi connectivity index (χ1v) is 10.5. The van der Waals surface area contributed by atoms with Crippen molar-refractivity contribution in [1.29, 1.82) is 0 Å². The van der Waals surface area contributed by atoms with E-state index < -0.39 is 5.91 Å². The van der Waals surface area contributed by atoms with E-state index in [1.807, 2.05) is 45.0 Å². The van der Waals surface area contributed by atoms with Gasteiger partial charge in [0.1, 0.15) is 17.1 Å². The molecule has 0 radical (unpaired) electrons. The van der Waals surface area contributed by atoms with Crippen molar-refractivity contribution in [3.8, 4) is 11.5 Å². The van der Waals surface area contributed by atoms with Gasteiger partial charge in [-0.05, 0) is 50.6 Å². The highest BCUT2D eigenvalue weighted by molar-refractivity contribution is 5.94. The molecule has 0 saturated heterocycles. The Kier molecular flexibility index (Phi) is 7.80. The zero-order valence-corrected chi connectivity index (χ0v) is 18.5. The lowest BCUT2D eigenvalue weighted by Crippen LogP contribution is -2.30. The third-order valence-corrected chi connectivity index (χ3v) is 4.67. The van der Waals surface area contributed by atoms with Crippen molar-refractivity contribution >= 4 is 12.1 Å². The summed E-state index contributed by atoms with van der Waals surface area (Å²) in [6.07, 6.45) is 3.14. The van der Waals surface area contributed by atoms with Gasteiger partial charge in [-0.2, -0.15) is 5.10 Å². The molecule has 3 aromatic rings. The molecule has 7 heteroatoms. The van der Waals surface area contributed by atoms with E-state index in [4.69, 9.17) is 9.47 Å². The van der Waals surface area contributed by atoms with Crippen molar-refractivity contribution < 1.29 is 14.3 Å². The average molecular weight is 434 g/mol. The molecular weight excluding hydrogens is 406 g/mol. The Morgan fingerprint density at radius 3 is 2.62 bits per heavy atom. The Labute approximate surface area is 187 Å². The normalized spacial score (nSPS) is 10.8. The van der Waals surface area contributed by atoms with Crippen molar-refractivity contribution in [2.45, 2.75) is 27.3 Å². The summed E-state index contributed by atoms with van der Waals surface area (Å²) in [4.78, 5) is 25.4. The number of aromatic nitrogens is 1. The van der Waals surface area contributed by atoms with E-state index in [-0.39, 0.29) is 11.1 Å². The minimum absolute atomic E-state index is 0.0222. The SMILES string of the molecule is CCOc1ccc(/C=N\NC(=O)c2cccn(Cc3cccc(C)c3)c2=O)c(OCC)c1. The molecule has 0 fully saturated rings. The van der Waals surface area contributed by atoms with Gasteiger partial charge in [-0.1, -0.05) is 29.8 Å². The highest BCUT2D eigenvalue weighted by atomic mass is 16.5. The molecular formula is C25H27N3O4. The van der Waals surface area contributed by atoms with Gasteiger partial charge in [0.2, 0.25) is 0 Å². The number of hydrogen-bond donors (Lipinski definition) is 1. The van der Waals surface area contributed by atoms with E-state index in [1.165, 1.54) is 16.8 Å². The third-order valence-electron chi connectivity index (χ3n) is 4.67. The second-order valence-corrected chi connectivity index (χ2v) is 7.11. The van der Waals surface area contributed by atoms with Crippen LogP contribution < -0.4 is 20.5 Å². The lowest BCUT2D eigenvalue weighted by molar-refractivity contribution is 0.0953. The Hall–Kier alpha value is -3.87. The van der Waals surface area contributed by atoms with Crippen LogP contribution in [0.15, 0.2) is 70.7 Å². The molecule has 0 atom stereocenters. The molecule has 2 aromatic carbocycles. The van der Waals surface area contributed by atoms with Gasteiger partial charge in [0.05, 0.1) is 26.0 Å². The van der Waals surface area contributed by atoms with Gasteiger partial charge >= 0.3 is 0 Å². The van der Waals surface area contributed by atoms with E-state index in [2.05, 4.69) is 10.5 Å². The quantitative estimate of drug-likeness (QED) is 0.411. The topological polar surface area (TPSA) is 81.9 Å². The van der Waals surface area contributed by atoms with E-state index in [0.29, 0.717) is 36.8 Å². The summed E-state index contributed by atoms with van der Waals surface area (Å²) in [7, 11) is 0. The van der Waals surface area contributed by atoms with Crippen molar-refractivity contribution in [1.82, 2.24) is 9.99 Å². The molecule has 0 unspecified atom stereocenters. The van der Waals surface area contributed by atoms with Crippen LogP contribution in [0.25, 0.3) is 0 Å². The number of nitrogens with zero attached hydrogens (tertiary/aromatic N) is 2. The number of hydrazone groups is 1. The van der Waals surface area contributed by atoms with Crippen LogP contribution in [0.2, 0.25) is 0 Å². The predicted molar refractivity (Wildman–Crippen MR) is 125 cm³/mol. The molecule has 0 bridgehead atoms. The summed E-state index contributed by atoms with van der Waals surface area (Å²) >= 11 is 0. The van der Waals surface area contributed by atoms with Crippen molar-refractivity contribution in [2.24, 2.45) is 5.10 Å². The number of carbonyl (C=O) groups is 1. The van der Waals surface area contributed by atoms with Gasteiger partial charge < -0.3 is 14.0 Å². The van der Waals surface area contributed by atoms with Gasteiger partial charge in [0, 0.05) is 17.8 Å². The summed E-state index contributed by atoms with van der Waals surface area (Å²) in [5, 5.41) is 4.01. The van der Waals surface area contributed by atoms with Crippen molar-refractivity contribution in [2.75, 3.05) is 13.2 Å². The number of carbonyl (C=O) groups excluding carboxylic acids is 1. The third kappa shape index (κ3) is 5.85. The van der Waals surface area contributed by atoms with Crippen LogP contribution >= 0.6 is 0 Å². The molecule has 0 spiro atoms. The number of pyridine rings is 1. The monoisotopic (exact) mass is 433 g/mol. The fraction of sp³-hybridized carbons (Fsp3) is 0.240. The van der Waals surface area contributed by atoms with Crippen LogP contribution in [-0.4, -0.2) is 29.9 Å². The second kappa shape index (κ2) is 10.9. The summed E-state index contributed by atoms with van der Waals surface area (Å²) in [6, 6.07) is 16.4. The predicted octanol–water partition coefficient (Wildman–Crippen LogP) is 3.77. The zero-order valence-electron chi connectivity index (χ0n) is 18.5. The summed E-state index contributed by atoms with van der Waals surface area (Å²) in [5.74, 6) is 0.709. The molecule has 1 heterocycles. The molecule has 1 aromatic heterocycles. The van der Waals surface area contributed by atoms with Crippen LogP contribution in [-0.2, 0) is 6.54 Å². The van der Waals surface area contributed by atoms with E-state index in [9.17, 15) is 9.59 Å². The van der Waals surface area contributed by atoms with Gasteiger partial charge in [0.15, 0.2) is 0 Å². The lowest BCUT2D eigenvalue weighted by atomic mass is 10.1. The minimum Gasteiger partial charge on any atom is -0.494 e. The van der Waals surface area contributed by atoms with E-state index in [0.717, 1.165) is 11.1 Å². The Bertz CT molecular complexity index is 1170. The maximum absolute atomic E-state index is 12.8. The fourth-order valence-electron chi connectivity index (χ4n) is 3.22. The maximum atomic E-state index is 12.8. The first-order chi connectivity index (χ1) is 15.5. The average Bonchev–Trinajstić information content (AvgIpc) is 2.77. The highest BCUT2D eigenvalue weighted by Crippen LogP contribution is 2.24. The number of ether oxygens (including phenoxy) is 2. The summed E-state index contributed by atoms with van der Waals surface area (Å²) in [6.45, 7) is 7.20. The van der Waals surface area contributed by atoms with E-state index in [1.54, 1.807) is 30.5 Å². The van der Waals surface area contributed by atoms with Gasteiger partial charge in [-0.3, -0.25) is 9.59 Å². The number of nitrogens with one attached hydrogen (secondary N) is 1. The second-order valence-electron chi connectivity index (χ2n) is 7.11. The van der Waals surface area contributed by atoms with E-state index >= 15 is 0 Å². The summed E-state index contributed by atoms with van der Waals surface area (Å²) < 4.78 is 12.6. The maximum Gasteiger partial charge on any atom is 0.276 e. The van der Waals surface area contributed by atoms with Crippen LogP contribution in [0.3, 0.4) is 0 Å². The Morgan fingerprint density at radius 1 is 1.06 bits per heavy atom. The number of hydrogen-bond acceptors (Lipinski definition) is 5. The smallest absolute Gasteiger partial charge is 0.276 e. The lowest BCUT2D eigenvalue weighted by Gasteiger charge is -2.10. The first kappa shape index (κ1) is 22.8. The number of amides is 1. The molecule has 0 aliphatic carbocycles. The molecule has 3 rings (SSSR count). The molecule has 0 saturated carbocycles. The molecule has 7 nitrogen and oxygen atoms in total. The van der Waals surface area contributed by atoms with Crippen LogP contribution in [0.5, 0.6) is 11.5 Å². The zero-order chi connectivity index (χ0) is 22.9. The van der Waals surface area contributed by atoms with Crippen LogP contribution in [0.1, 0.15) is 40.9 Å². The van der Waals surface area contributed by atoms with Gasteiger partial charge in [-0.15, -0.1) is 0 Å². The molecule has 166 valence electrons. The number of aryl methyl sites for hydroxylation is 1. The minimum atomic E-state index is -0.575. The molecule has 1 amide bonds. The van der Waals surface area contributed by atoms with Gasteiger partial charge in [0.25, 0.3) is 11.5 Å². The van der Waals surface area contributed by atoms with Crippen LogP contribution in [0, 0.1) is 6.92 Å². The highest BCUT2D eigenvalue weighted by Gasteiger charge is 2.12. The Morgan fingerprint density at radius 2 is 1.88 bits per heavy atom. The molecule has 1 N–H and O–H groups in total. The van der Waals surface area contributed by atoms with Gasteiger partial charge in [-0.25, -0.2) is 5.43 Å². The Balaban J connectivity index is 1.74. The van der Waals surface area contributed by atoms with Crippen LogP contribution in [0.4, 0.5) is 0 Å². The number of benzene rings is 2. The molecule has 32 heavy (non-hydrogen) atoms. The fourth-order valence-corrected chi connectivity index (χ4v) is 3.22. The molecule has 0 aliphatic rings.